The molecule has 2 N–H and O–H groups in total. The summed E-state index contributed by atoms with van der Waals surface area (Å²) < 4.78 is 11.0. The van der Waals surface area contributed by atoms with E-state index in [1.165, 1.54) is 32.1 Å². The van der Waals surface area contributed by atoms with E-state index in [0.29, 0.717) is 29.9 Å². The third-order valence-corrected chi connectivity index (χ3v) is 6.18. The van der Waals surface area contributed by atoms with Gasteiger partial charge in [0.15, 0.2) is 12.3 Å². The van der Waals surface area contributed by atoms with Crippen molar-refractivity contribution in [3.05, 3.63) is 41.6 Å². The summed E-state index contributed by atoms with van der Waals surface area (Å²) in [6.45, 7) is 7.31. The summed E-state index contributed by atoms with van der Waals surface area (Å²) in [5.41, 5.74) is 1.95. The SMILES string of the molecule is Cc1ccc2c(c1)N(Cc1nc(C(=O)NCCC[NH+]3CCCC[C@H]3C)co1)C(=O)CO2. The smallest absolute Gasteiger partial charge is 0.273 e. The Morgan fingerprint density at radius 2 is 2.23 bits per heavy atom. The van der Waals surface area contributed by atoms with Gasteiger partial charge in [0, 0.05) is 13.0 Å². The highest BCUT2D eigenvalue weighted by atomic mass is 16.5. The molecule has 2 aromatic rings. The molecule has 31 heavy (non-hydrogen) atoms. The molecule has 1 unspecified atom stereocenters. The summed E-state index contributed by atoms with van der Waals surface area (Å²) in [6, 6.07) is 6.40. The van der Waals surface area contributed by atoms with Crippen molar-refractivity contribution in [1.29, 1.82) is 0 Å². The van der Waals surface area contributed by atoms with Crippen LogP contribution in [-0.4, -0.2) is 49.1 Å². The number of nitrogens with one attached hydrogen (secondary N) is 2. The molecular formula is C23H31N4O4+. The molecule has 8 nitrogen and oxygen atoms in total. The number of hydrogen-bond acceptors (Lipinski definition) is 5. The van der Waals surface area contributed by atoms with E-state index in [1.54, 1.807) is 9.80 Å². The van der Waals surface area contributed by atoms with Crippen molar-refractivity contribution in [3.63, 3.8) is 0 Å². The van der Waals surface area contributed by atoms with E-state index in [4.69, 9.17) is 9.15 Å². The van der Waals surface area contributed by atoms with Crippen LogP contribution in [0.4, 0.5) is 5.69 Å². The second kappa shape index (κ2) is 9.51. The molecule has 0 aliphatic carbocycles. The van der Waals surface area contributed by atoms with Gasteiger partial charge in [-0.3, -0.25) is 14.5 Å². The summed E-state index contributed by atoms with van der Waals surface area (Å²) in [6.07, 6.45) is 6.21. The Morgan fingerprint density at radius 1 is 1.35 bits per heavy atom. The standard InChI is InChI=1S/C23H30N4O4/c1-16-7-8-20-19(12-16)27(22(28)15-30-20)13-21-25-18(14-31-21)23(29)24-9-5-11-26-10-4-3-6-17(26)2/h7-8,12,14,17H,3-6,9-11,13,15H2,1-2H3,(H,24,29)/p+1/t17-/m1/s1. The molecule has 3 heterocycles. The molecule has 0 spiro atoms. The molecular weight excluding hydrogens is 396 g/mol. The summed E-state index contributed by atoms with van der Waals surface area (Å²) in [5, 5.41) is 2.93. The van der Waals surface area contributed by atoms with Crippen molar-refractivity contribution in [2.75, 3.05) is 31.1 Å². The molecule has 0 bridgehead atoms. The number of hydrogen-bond donors (Lipinski definition) is 2. The minimum absolute atomic E-state index is 0.0261. The van der Waals surface area contributed by atoms with Crippen LogP contribution in [0.15, 0.2) is 28.9 Å². The molecule has 0 radical (unpaired) electrons. The second-order valence-corrected chi connectivity index (χ2v) is 8.53. The van der Waals surface area contributed by atoms with Crippen molar-refractivity contribution in [1.82, 2.24) is 10.3 Å². The Hall–Kier alpha value is -2.87. The number of likely N-dealkylation sites (tertiary alicyclic amines) is 1. The normalized spacial score (nSPS) is 20.8. The number of aromatic nitrogens is 1. The van der Waals surface area contributed by atoms with Gasteiger partial charge in [-0.25, -0.2) is 4.98 Å². The third-order valence-electron chi connectivity index (χ3n) is 6.18. The van der Waals surface area contributed by atoms with Gasteiger partial charge in [-0.15, -0.1) is 0 Å². The van der Waals surface area contributed by atoms with E-state index in [2.05, 4.69) is 17.2 Å². The van der Waals surface area contributed by atoms with E-state index in [-0.39, 0.29) is 30.7 Å². The highest BCUT2D eigenvalue weighted by Gasteiger charge is 2.27. The lowest BCUT2D eigenvalue weighted by Gasteiger charge is -2.30. The van der Waals surface area contributed by atoms with Crippen molar-refractivity contribution in [2.45, 2.75) is 52.1 Å². The Kier molecular flexibility index (Phi) is 6.56. The van der Waals surface area contributed by atoms with Gasteiger partial charge in [-0.1, -0.05) is 6.07 Å². The lowest BCUT2D eigenvalue weighted by Crippen LogP contribution is -3.16. The first kappa shape index (κ1) is 21.4. The lowest BCUT2D eigenvalue weighted by molar-refractivity contribution is -0.928. The monoisotopic (exact) mass is 427 g/mol. The van der Waals surface area contributed by atoms with E-state index in [0.717, 1.165) is 18.5 Å². The molecule has 0 saturated carbocycles. The van der Waals surface area contributed by atoms with Crippen LogP contribution in [0.5, 0.6) is 5.75 Å². The van der Waals surface area contributed by atoms with Gasteiger partial charge in [0.05, 0.1) is 24.8 Å². The molecule has 8 heteroatoms. The number of benzene rings is 1. The van der Waals surface area contributed by atoms with E-state index in [9.17, 15) is 9.59 Å². The number of ether oxygens (including phenoxy) is 1. The molecule has 4 rings (SSSR count). The Bertz CT molecular complexity index is 941. The summed E-state index contributed by atoms with van der Waals surface area (Å²) in [5.74, 6) is 0.553. The van der Waals surface area contributed by atoms with Crippen LogP contribution in [0.1, 0.15) is 54.5 Å². The predicted octanol–water partition coefficient (Wildman–Crippen LogP) is 1.49. The molecule has 2 atom stereocenters. The van der Waals surface area contributed by atoms with Gasteiger partial charge in [0.2, 0.25) is 5.89 Å². The summed E-state index contributed by atoms with van der Waals surface area (Å²) >= 11 is 0. The van der Waals surface area contributed by atoms with Gasteiger partial charge < -0.3 is 19.4 Å². The zero-order chi connectivity index (χ0) is 21.8. The number of piperidine rings is 1. The average Bonchev–Trinajstić information content (AvgIpc) is 3.23. The first-order chi connectivity index (χ1) is 15.0. The van der Waals surface area contributed by atoms with Crippen LogP contribution < -0.4 is 19.9 Å². The molecule has 1 aromatic carbocycles. The highest BCUT2D eigenvalue weighted by molar-refractivity contribution is 5.97. The third kappa shape index (κ3) is 5.07. The number of fused-ring (bicyclic) bond motifs is 1. The number of oxazole rings is 1. The van der Waals surface area contributed by atoms with Crippen molar-refractivity contribution >= 4 is 17.5 Å². The van der Waals surface area contributed by atoms with Gasteiger partial charge in [-0.05, 0) is 50.8 Å². The molecule has 2 amide bonds. The molecule has 2 aliphatic heterocycles. The first-order valence-corrected chi connectivity index (χ1v) is 11.1. The number of aryl methyl sites for hydroxylation is 1. The zero-order valence-corrected chi connectivity index (χ0v) is 18.3. The minimum Gasteiger partial charge on any atom is -0.482 e. The van der Waals surface area contributed by atoms with Crippen LogP contribution in [0.3, 0.4) is 0 Å². The van der Waals surface area contributed by atoms with Crippen LogP contribution in [0.2, 0.25) is 0 Å². The molecule has 2 aliphatic rings. The topological polar surface area (TPSA) is 89.1 Å². The van der Waals surface area contributed by atoms with E-state index in [1.807, 2.05) is 25.1 Å². The van der Waals surface area contributed by atoms with Crippen molar-refractivity contribution < 1.29 is 23.6 Å². The Labute approximate surface area is 182 Å². The molecule has 166 valence electrons. The van der Waals surface area contributed by atoms with Crippen LogP contribution in [0, 0.1) is 6.92 Å². The maximum atomic E-state index is 12.4. The summed E-state index contributed by atoms with van der Waals surface area (Å²) in [4.78, 5) is 32.3. The van der Waals surface area contributed by atoms with Gasteiger partial charge in [0.1, 0.15) is 18.6 Å². The number of carbonyl (C=O) groups is 2. The van der Waals surface area contributed by atoms with E-state index >= 15 is 0 Å². The zero-order valence-electron chi connectivity index (χ0n) is 18.3. The summed E-state index contributed by atoms with van der Waals surface area (Å²) in [7, 11) is 0. The van der Waals surface area contributed by atoms with Crippen LogP contribution >= 0.6 is 0 Å². The molecule has 1 saturated heterocycles. The quantitative estimate of drug-likeness (QED) is 0.654. The van der Waals surface area contributed by atoms with Gasteiger partial charge in [0.25, 0.3) is 11.8 Å². The van der Waals surface area contributed by atoms with Crippen molar-refractivity contribution in [2.24, 2.45) is 0 Å². The van der Waals surface area contributed by atoms with E-state index < -0.39 is 0 Å². The number of quaternary nitrogens is 1. The van der Waals surface area contributed by atoms with Crippen molar-refractivity contribution in [3.8, 4) is 5.75 Å². The van der Waals surface area contributed by atoms with Gasteiger partial charge in [-0.2, -0.15) is 0 Å². The fraction of sp³-hybridized carbons (Fsp3) is 0.522. The number of anilines is 1. The number of rotatable bonds is 7. The highest BCUT2D eigenvalue weighted by Crippen LogP contribution is 2.33. The number of nitrogens with zero attached hydrogens (tertiary/aromatic N) is 2. The number of carbonyl (C=O) groups excluding carboxylic acids is 2. The molecule has 1 aromatic heterocycles. The fourth-order valence-corrected chi connectivity index (χ4v) is 4.34. The Morgan fingerprint density at radius 3 is 3.06 bits per heavy atom. The first-order valence-electron chi connectivity index (χ1n) is 11.1. The Balaban J connectivity index is 1.31. The average molecular weight is 428 g/mol. The fourth-order valence-electron chi connectivity index (χ4n) is 4.34. The van der Waals surface area contributed by atoms with Gasteiger partial charge >= 0.3 is 0 Å². The largest absolute Gasteiger partial charge is 0.482 e. The minimum atomic E-state index is -0.249. The maximum Gasteiger partial charge on any atom is 0.273 e. The lowest BCUT2D eigenvalue weighted by atomic mass is 10.0. The molecule has 1 fully saturated rings. The number of amides is 2. The van der Waals surface area contributed by atoms with Crippen LogP contribution in [0.25, 0.3) is 0 Å². The predicted molar refractivity (Wildman–Crippen MR) is 115 cm³/mol. The maximum absolute atomic E-state index is 12.4. The van der Waals surface area contributed by atoms with Crippen LogP contribution in [-0.2, 0) is 11.3 Å². The second-order valence-electron chi connectivity index (χ2n) is 8.53.